The molecule has 3 unspecified atom stereocenters. The molecule has 3 atom stereocenters. The molecule has 0 aromatic carbocycles. The summed E-state index contributed by atoms with van der Waals surface area (Å²) < 4.78 is 5.81. The van der Waals surface area contributed by atoms with Crippen LogP contribution in [0.1, 0.15) is 47.5 Å². The molecular weight excluding hydrogens is 176 g/mol. The van der Waals surface area contributed by atoms with Crippen LogP contribution >= 0.6 is 0 Å². The van der Waals surface area contributed by atoms with E-state index >= 15 is 0 Å². The highest BCUT2D eigenvalue weighted by atomic mass is 16.5. The van der Waals surface area contributed by atoms with Crippen molar-refractivity contribution >= 4 is 0 Å². The van der Waals surface area contributed by atoms with Crippen LogP contribution in [0.2, 0.25) is 0 Å². The Bertz CT molecular complexity index is 152. The molecule has 0 saturated carbocycles. The third-order valence-electron chi connectivity index (χ3n) is 3.23. The molecule has 0 heterocycles. The van der Waals surface area contributed by atoms with Gasteiger partial charge in [0.25, 0.3) is 0 Å². The van der Waals surface area contributed by atoms with Crippen molar-refractivity contribution in [2.45, 2.75) is 59.1 Å². The lowest BCUT2D eigenvalue weighted by Gasteiger charge is -2.39. The fourth-order valence-electron chi connectivity index (χ4n) is 1.92. The van der Waals surface area contributed by atoms with Crippen molar-refractivity contribution in [3.05, 3.63) is 0 Å². The second-order valence-electron chi connectivity index (χ2n) is 4.13. The quantitative estimate of drug-likeness (QED) is 0.491. The maximum atomic E-state index is 5.81. The average molecular weight is 202 g/mol. The Labute approximate surface area is 88.4 Å². The van der Waals surface area contributed by atoms with Crippen molar-refractivity contribution < 1.29 is 4.74 Å². The molecule has 0 fully saturated rings. The Kier molecular flexibility index (Phi) is 6.33. The van der Waals surface area contributed by atoms with Gasteiger partial charge < -0.3 is 4.74 Å². The average Bonchev–Trinajstić information content (AvgIpc) is 2.19. The second kappa shape index (κ2) is 6.38. The fraction of sp³-hybridized carbons (Fsp3) is 1.00. The van der Waals surface area contributed by atoms with E-state index in [2.05, 4.69) is 33.1 Å². The Hall–Kier alpha value is -0.120. The normalized spacial score (nSPS) is 20.1. The number of nitrogens with two attached hydrogens (primary N) is 1. The van der Waals surface area contributed by atoms with Crippen LogP contribution in [0.25, 0.3) is 0 Å². The van der Waals surface area contributed by atoms with Crippen LogP contribution in [-0.2, 0) is 4.74 Å². The molecule has 3 heteroatoms. The Morgan fingerprint density at radius 2 is 1.93 bits per heavy atom. The van der Waals surface area contributed by atoms with E-state index in [0.29, 0.717) is 5.92 Å². The zero-order valence-corrected chi connectivity index (χ0v) is 10.3. The van der Waals surface area contributed by atoms with Gasteiger partial charge in [0.15, 0.2) is 0 Å². The van der Waals surface area contributed by atoms with Crippen LogP contribution in [0.5, 0.6) is 0 Å². The first kappa shape index (κ1) is 13.9. The van der Waals surface area contributed by atoms with Crippen LogP contribution in [0.4, 0.5) is 0 Å². The number of nitrogens with one attached hydrogen (secondary N) is 1. The van der Waals surface area contributed by atoms with Crippen LogP contribution in [-0.4, -0.2) is 18.2 Å². The van der Waals surface area contributed by atoms with Crippen LogP contribution in [0.3, 0.4) is 0 Å². The smallest absolute Gasteiger partial charge is 0.0820 e. The van der Waals surface area contributed by atoms with E-state index in [-0.39, 0.29) is 11.6 Å². The minimum Gasteiger partial charge on any atom is -0.374 e. The topological polar surface area (TPSA) is 47.3 Å². The molecule has 0 spiro atoms. The fourth-order valence-corrected chi connectivity index (χ4v) is 1.92. The summed E-state index contributed by atoms with van der Waals surface area (Å²) in [5.74, 6) is 6.14. The van der Waals surface area contributed by atoms with Gasteiger partial charge in [-0.1, -0.05) is 27.2 Å². The molecule has 0 aromatic rings. The Balaban J connectivity index is 4.57. The Morgan fingerprint density at radius 1 is 1.36 bits per heavy atom. The monoisotopic (exact) mass is 202 g/mol. The van der Waals surface area contributed by atoms with Gasteiger partial charge in [0.1, 0.15) is 0 Å². The van der Waals surface area contributed by atoms with Gasteiger partial charge in [0.2, 0.25) is 0 Å². The van der Waals surface area contributed by atoms with E-state index in [4.69, 9.17) is 10.6 Å². The summed E-state index contributed by atoms with van der Waals surface area (Å²) >= 11 is 0. The number of hydrogen-bond donors (Lipinski definition) is 2. The van der Waals surface area contributed by atoms with E-state index in [1.54, 1.807) is 0 Å². The molecule has 0 bridgehead atoms. The van der Waals surface area contributed by atoms with Gasteiger partial charge in [0, 0.05) is 6.61 Å². The minimum atomic E-state index is -0.154. The lowest BCUT2D eigenvalue weighted by Crippen LogP contribution is -2.56. The number of hydrazine groups is 1. The van der Waals surface area contributed by atoms with E-state index in [9.17, 15) is 0 Å². The Morgan fingerprint density at radius 3 is 2.21 bits per heavy atom. The molecule has 0 aliphatic carbocycles. The van der Waals surface area contributed by atoms with Crippen molar-refractivity contribution in [3.63, 3.8) is 0 Å². The van der Waals surface area contributed by atoms with Gasteiger partial charge in [-0.3, -0.25) is 11.3 Å². The second-order valence-corrected chi connectivity index (χ2v) is 4.13. The molecule has 0 aliphatic heterocycles. The summed E-state index contributed by atoms with van der Waals surface area (Å²) in [5, 5.41) is 0. The molecule has 0 radical (unpaired) electrons. The highest BCUT2D eigenvalue weighted by molar-refractivity contribution is 4.90. The van der Waals surface area contributed by atoms with Gasteiger partial charge in [-0.25, -0.2) is 0 Å². The summed E-state index contributed by atoms with van der Waals surface area (Å²) in [6, 6.07) is 0.220. The lowest BCUT2D eigenvalue weighted by atomic mass is 9.83. The van der Waals surface area contributed by atoms with E-state index in [1.807, 2.05) is 6.92 Å². The first-order chi connectivity index (χ1) is 6.55. The molecule has 3 nitrogen and oxygen atoms in total. The van der Waals surface area contributed by atoms with Crippen molar-refractivity contribution in [3.8, 4) is 0 Å². The standard InChI is InChI=1S/C11H26N2O/c1-6-9(4)10(13-12)11(5,7-2)14-8-3/h9-10,13H,6-8,12H2,1-5H3. The molecule has 86 valence electrons. The van der Waals surface area contributed by atoms with Crippen molar-refractivity contribution in [2.75, 3.05) is 6.61 Å². The first-order valence-electron chi connectivity index (χ1n) is 5.65. The third kappa shape index (κ3) is 3.23. The molecule has 14 heavy (non-hydrogen) atoms. The number of rotatable bonds is 7. The molecule has 0 aliphatic rings. The van der Waals surface area contributed by atoms with Crippen molar-refractivity contribution in [1.82, 2.24) is 5.43 Å². The summed E-state index contributed by atoms with van der Waals surface area (Å²) in [6.45, 7) is 11.4. The summed E-state index contributed by atoms with van der Waals surface area (Å²) in [5.41, 5.74) is 2.75. The molecular formula is C11H26N2O. The maximum Gasteiger partial charge on any atom is 0.0820 e. The van der Waals surface area contributed by atoms with Crippen molar-refractivity contribution in [1.29, 1.82) is 0 Å². The van der Waals surface area contributed by atoms with E-state index in [1.165, 1.54) is 0 Å². The van der Waals surface area contributed by atoms with E-state index in [0.717, 1.165) is 19.4 Å². The first-order valence-corrected chi connectivity index (χ1v) is 5.65. The molecule has 0 aromatic heterocycles. The zero-order valence-electron chi connectivity index (χ0n) is 10.3. The van der Waals surface area contributed by atoms with Crippen LogP contribution in [0.15, 0.2) is 0 Å². The summed E-state index contributed by atoms with van der Waals surface area (Å²) in [6.07, 6.45) is 2.08. The lowest BCUT2D eigenvalue weighted by molar-refractivity contribution is -0.0679. The van der Waals surface area contributed by atoms with E-state index < -0.39 is 0 Å². The van der Waals surface area contributed by atoms with Crippen LogP contribution < -0.4 is 11.3 Å². The zero-order chi connectivity index (χ0) is 11.2. The molecule has 0 saturated heterocycles. The predicted octanol–water partition coefficient (Wildman–Crippen LogP) is 2.07. The molecule has 3 N–H and O–H groups in total. The molecule has 0 rings (SSSR count). The van der Waals surface area contributed by atoms with Gasteiger partial charge in [-0.2, -0.15) is 0 Å². The van der Waals surface area contributed by atoms with Crippen LogP contribution in [0, 0.1) is 5.92 Å². The maximum absolute atomic E-state index is 5.81. The highest BCUT2D eigenvalue weighted by Crippen LogP contribution is 2.26. The number of hydrogen-bond acceptors (Lipinski definition) is 3. The SMILES string of the molecule is CCOC(C)(CC)C(NN)C(C)CC. The third-order valence-corrected chi connectivity index (χ3v) is 3.23. The van der Waals surface area contributed by atoms with Crippen molar-refractivity contribution in [2.24, 2.45) is 11.8 Å². The summed E-state index contributed by atoms with van der Waals surface area (Å²) in [7, 11) is 0. The largest absolute Gasteiger partial charge is 0.374 e. The van der Waals surface area contributed by atoms with Gasteiger partial charge in [-0.05, 0) is 26.2 Å². The highest BCUT2D eigenvalue weighted by Gasteiger charge is 2.35. The number of ether oxygens (including phenoxy) is 1. The van der Waals surface area contributed by atoms with Gasteiger partial charge in [-0.15, -0.1) is 0 Å². The summed E-state index contributed by atoms with van der Waals surface area (Å²) in [4.78, 5) is 0. The van der Waals surface area contributed by atoms with Gasteiger partial charge >= 0.3 is 0 Å². The van der Waals surface area contributed by atoms with Gasteiger partial charge in [0.05, 0.1) is 11.6 Å². The minimum absolute atomic E-state index is 0.154. The predicted molar refractivity (Wildman–Crippen MR) is 60.9 cm³/mol. The molecule has 0 amide bonds.